The van der Waals surface area contributed by atoms with Crippen LogP contribution >= 0.6 is 0 Å². The van der Waals surface area contributed by atoms with Crippen LogP contribution in [0.25, 0.3) is 0 Å². The smallest absolute Gasteiger partial charge is 0.278 e. The molecule has 0 spiro atoms. The first kappa shape index (κ1) is 17.0. The van der Waals surface area contributed by atoms with Crippen LogP contribution in [0, 0.1) is 0 Å². The van der Waals surface area contributed by atoms with Crippen molar-refractivity contribution < 1.29 is 22.0 Å². The molecule has 0 aromatic rings. The molecule has 8 heteroatoms. The van der Waals surface area contributed by atoms with E-state index in [0.717, 1.165) is 4.74 Å². The summed E-state index contributed by atoms with van der Waals surface area (Å²) in [7, 11) is -2.97. The molecule has 0 atom stereocenters. The van der Waals surface area contributed by atoms with Gasteiger partial charge < -0.3 is 0 Å². The van der Waals surface area contributed by atoms with Crippen LogP contribution in [-0.2, 0) is 14.7 Å². The molecule has 0 aliphatic rings. The van der Waals surface area contributed by atoms with Gasteiger partial charge in [0.1, 0.15) is 5.54 Å². The van der Waals surface area contributed by atoms with E-state index in [1.54, 1.807) is 27.8 Å². The van der Waals surface area contributed by atoms with E-state index in [0.29, 0.717) is 5.96 Å². The van der Waals surface area contributed by atoms with Crippen molar-refractivity contribution in [2.45, 2.75) is 52.6 Å². The normalized spacial score (nSPS) is 14.9. The van der Waals surface area contributed by atoms with E-state index >= 15 is 0 Å². The fraction of sp³-hybridized carbons (Fsp3) is 0.900. The first-order valence-electron chi connectivity index (χ1n) is 5.56. The topological polar surface area (TPSA) is 90.7 Å². The summed E-state index contributed by atoms with van der Waals surface area (Å²) in [6.45, 7) is 11.0. The van der Waals surface area contributed by atoms with Crippen molar-refractivity contribution in [2.75, 3.05) is 7.05 Å². The Bertz CT molecular complexity index is 415. The minimum absolute atomic E-state index is 0.301. The molecule has 0 aliphatic heterocycles. The molecular weight excluding hydrogens is 258 g/mol. The van der Waals surface area contributed by atoms with Crippen molar-refractivity contribution in [1.29, 1.82) is 0 Å². The number of hydrogen-bond acceptors (Lipinski definition) is 3. The molecule has 0 unspecified atom stereocenters. The first-order chi connectivity index (χ1) is 7.76. The van der Waals surface area contributed by atoms with Crippen LogP contribution in [0.2, 0.25) is 0 Å². The second kappa shape index (κ2) is 5.31. The van der Waals surface area contributed by atoms with E-state index in [2.05, 4.69) is 14.9 Å². The lowest BCUT2D eigenvalue weighted by atomic mass is 10.1. The lowest BCUT2D eigenvalue weighted by Crippen LogP contribution is -2.55. The molecule has 0 rings (SSSR count). The van der Waals surface area contributed by atoms with Crippen molar-refractivity contribution in [3.8, 4) is 0 Å². The Kier molecular flexibility index (Phi) is 5.01. The summed E-state index contributed by atoms with van der Waals surface area (Å²) < 4.78 is 36.3. The molecule has 0 saturated heterocycles. The quantitative estimate of drug-likeness (QED) is 0.225. The lowest BCUT2D eigenvalue weighted by molar-refractivity contribution is -0.796. The van der Waals surface area contributed by atoms with Crippen molar-refractivity contribution in [2.24, 2.45) is 0 Å². The highest BCUT2D eigenvalue weighted by Crippen LogP contribution is 2.10. The molecule has 0 aromatic heterocycles. The minimum Gasteiger partial charge on any atom is -0.278 e. The van der Waals surface area contributed by atoms with Crippen molar-refractivity contribution in [3.05, 3.63) is 0 Å². The van der Waals surface area contributed by atoms with Crippen LogP contribution in [0.5, 0.6) is 0 Å². The van der Waals surface area contributed by atoms with Crippen molar-refractivity contribution in [3.63, 3.8) is 0 Å². The van der Waals surface area contributed by atoms with E-state index in [1.807, 2.05) is 20.8 Å². The summed E-state index contributed by atoms with van der Waals surface area (Å²) >= 11 is 0. The highest BCUT2D eigenvalue weighted by molar-refractivity contribution is 7.80. The van der Waals surface area contributed by atoms with Gasteiger partial charge in [0.15, 0.2) is 0 Å². The Labute approximate surface area is 109 Å². The first-order valence-corrected chi connectivity index (χ1v) is 6.93. The molecule has 0 heterocycles. The average Bonchev–Trinajstić information content (AvgIpc) is 2.06. The Morgan fingerprint density at radius 2 is 1.61 bits per heavy atom. The van der Waals surface area contributed by atoms with Gasteiger partial charge in [-0.15, -0.1) is 0 Å². The summed E-state index contributed by atoms with van der Waals surface area (Å²) in [5.41, 5.74) is -0.975. The average molecular weight is 282 g/mol. The third-order valence-corrected chi connectivity index (χ3v) is 2.05. The minimum atomic E-state index is -4.59. The molecule has 108 valence electrons. The van der Waals surface area contributed by atoms with Gasteiger partial charge in [-0.3, -0.25) is 15.2 Å². The second-order valence-electron chi connectivity index (χ2n) is 5.94. The van der Waals surface area contributed by atoms with E-state index in [1.165, 1.54) is 0 Å². The second-order valence-corrected chi connectivity index (χ2v) is 6.95. The van der Waals surface area contributed by atoms with Gasteiger partial charge >= 0.3 is 16.4 Å². The molecular formula is C10H24N3O4S+. The highest BCUT2D eigenvalue weighted by Gasteiger charge is 2.32. The van der Waals surface area contributed by atoms with Crippen molar-refractivity contribution in [1.82, 2.24) is 10.6 Å². The zero-order valence-corrected chi connectivity index (χ0v) is 12.8. The predicted octanol–water partition coefficient (Wildman–Crippen LogP) is 0.495. The number of guanidine groups is 1. The molecule has 0 aliphatic carbocycles. The molecule has 0 aromatic carbocycles. The fourth-order valence-electron chi connectivity index (χ4n) is 1.15. The Morgan fingerprint density at radius 1 is 1.17 bits per heavy atom. The van der Waals surface area contributed by atoms with Gasteiger partial charge in [-0.25, -0.2) is 4.28 Å². The summed E-state index contributed by atoms with van der Waals surface area (Å²) in [6, 6.07) is 0. The maximum absolute atomic E-state index is 10.9. The molecule has 7 nitrogen and oxygen atoms in total. The number of rotatable bonds is 2. The van der Waals surface area contributed by atoms with Gasteiger partial charge in [-0.05, 0) is 41.5 Å². The molecule has 0 radical (unpaired) electrons. The lowest BCUT2D eigenvalue weighted by Gasteiger charge is -2.25. The Hall–Kier alpha value is -1.02. The maximum atomic E-state index is 10.9. The summed E-state index contributed by atoms with van der Waals surface area (Å²) in [4.78, 5) is 0. The Balaban J connectivity index is 5.62. The van der Waals surface area contributed by atoms with E-state index in [-0.39, 0.29) is 5.54 Å². The molecule has 0 amide bonds. The summed E-state index contributed by atoms with van der Waals surface area (Å²) in [6.07, 6.45) is 0. The molecule has 0 bridgehead atoms. The molecule has 0 saturated carbocycles. The third kappa shape index (κ3) is 6.65. The van der Waals surface area contributed by atoms with Gasteiger partial charge in [0.2, 0.25) is 0 Å². The highest BCUT2D eigenvalue weighted by atomic mass is 32.3. The third-order valence-electron chi connectivity index (χ3n) is 1.71. The molecule has 18 heavy (non-hydrogen) atoms. The molecule has 3 N–H and O–H groups in total. The summed E-state index contributed by atoms with van der Waals surface area (Å²) in [5.74, 6) is 0.340. The van der Waals surface area contributed by atoms with Crippen LogP contribution < -0.4 is 10.6 Å². The standard InChI is InChI=1S/C10H23N3O4S/c1-9(2,3)12-8(11-7)13(10(4,5)6)17-18(14,15)16/h1-7H3,(H2,11,12,14,15,16)/p+1. The van der Waals surface area contributed by atoms with Crippen LogP contribution in [0.15, 0.2) is 0 Å². The van der Waals surface area contributed by atoms with Crippen LogP contribution in [-0.4, -0.2) is 41.8 Å². The van der Waals surface area contributed by atoms with Crippen LogP contribution in [0.1, 0.15) is 41.5 Å². The number of hydroxylamine groups is 1. The van der Waals surface area contributed by atoms with Gasteiger partial charge in [0, 0.05) is 0 Å². The van der Waals surface area contributed by atoms with Gasteiger partial charge in [-0.1, -0.05) is 4.74 Å². The molecule has 0 fully saturated rings. The van der Waals surface area contributed by atoms with E-state index in [4.69, 9.17) is 4.55 Å². The van der Waals surface area contributed by atoms with Crippen LogP contribution in [0.3, 0.4) is 0 Å². The zero-order valence-electron chi connectivity index (χ0n) is 12.0. The largest absolute Gasteiger partial charge is 0.476 e. The predicted molar refractivity (Wildman–Crippen MR) is 69.6 cm³/mol. The fourth-order valence-corrected chi connectivity index (χ4v) is 1.64. The zero-order chi connectivity index (χ0) is 14.8. The number of nitrogens with one attached hydrogen (secondary N) is 2. The SMILES string of the molecule is CN/C(NC(C)(C)C)=[N+](\OS(=O)(=O)O)C(C)(C)C. The monoisotopic (exact) mass is 282 g/mol. The van der Waals surface area contributed by atoms with Gasteiger partial charge in [-0.2, -0.15) is 8.42 Å². The van der Waals surface area contributed by atoms with Gasteiger partial charge in [0.25, 0.3) is 0 Å². The number of nitrogens with zero attached hydrogens (tertiary/aromatic N) is 1. The van der Waals surface area contributed by atoms with E-state index < -0.39 is 15.9 Å². The number of hydrogen-bond donors (Lipinski definition) is 3. The van der Waals surface area contributed by atoms with E-state index in [9.17, 15) is 8.42 Å². The van der Waals surface area contributed by atoms with Crippen molar-refractivity contribution >= 4 is 16.4 Å². The Morgan fingerprint density at radius 3 is 1.83 bits per heavy atom. The van der Waals surface area contributed by atoms with Gasteiger partial charge in [0.05, 0.1) is 12.6 Å². The summed E-state index contributed by atoms with van der Waals surface area (Å²) in [5, 5.41) is 5.88. The van der Waals surface area contributed by atoms with Crippen LogP contribution in [0.4, 0.5) is 0 Å². The maximum Gasteiger partial charge on any atom is 0.476 e.